The van der Waals surface area contributed by atoms with Crippen molar-refractivity contribution in [3.05, 3.63) is 0 Å². The quantitative estimate of drug-likeness (QED) is 0.614. The summed E-state index contributed by atoms with van der Waals surface area (Å²) in [6.07, 6.45) is -2.69. The van der Waals surface area contributed by atoms with Crippen molar-refractivity contribution in [2.75, 3.05) is 27.2 Å². The predicted molar refractivity (Wildman–Crippen MR) is 59.0 cm³/mol. The number of likely N-dealkylation sites (tertiary alicyclic amines) is 1. The van der Waals surface area contributed by atoms with E-state index >= 15 is 0 Å². The lowest BCUT2D eigenvalue weighted by Crippen LogP contribution is -2.43. The standard InChI is InChI=1S/C12H23F3N/c1-5-10-8-11(2,12(13,14)15)6-7-16(3,4)9-10/h10H,5-9H2,1-4H3/q+1. The van der Waals surface area contributed by atoms with Crippen molar-refractivity contribution in [2.24, 2.45) is 11.3 Å². The molecule has 0 spiro atoms. The molecule has 2 unspecified atom stereocenters. The highest BCUT2D eigenvalue weighted by molar-refractivity contribution is 4.86. The van der Waals surface area contributed by atoms with E-state index in [1.54, 1.807) is 0 Å². The fourth-order valence-corrected chi connectivity index (χ4v) is 2.67. The van der Waals surface area contributed by atoms with Gasteiger partial charge in [-0.05, 0) is 12.8 Å². The molecule has 0 aliphatic carbocycles. The smallest absolute Gasteiger partial charge is 0.328 e. The monoisotopic (exact) mass is 238 g/mol. The average molecular weight is 238 g/mol. The molecule has 1 heterocycles. The van der Waals surface area contributed by atoms with Crippen LogP contribution in [0.3, 0.4) is 0 Å². The van der Waals surface area contributed by atoms with Gasteiger partial charge in [0.15, 0.2) is 0 Å². The molecule has 1 fully saturated rings. The Morgan fingerprint density at radius 1 is 1.31 bits per heavy atom. The minimum atomic E-state index is -4.06. The fraction of sp³-hybridized carbons (Fsp3) is 1.00. The molecule has 0 amide bonds. The zero-order valence-electron chi connectivity index (χ0n) is 10.7. The van der Waals surface area contributed by atoms with Crippen LogP contribution in [0.4, 0.5) is 13.2 Å². The van der Waals surface area contributed by atoms with Crippen LogP contribution in [0.25, 0.3) is 0 Å². The van der Waals surface area contributed by atoms with Gasteiger partial charge in [-0.1, -0.05) is 13.8 Å². The van der Waals surface area contributed by atoms with Gasteiger partial charge >= 0.3 is 6.18 Å². The van der Waals surface area contributed by atoms with Crippen LogP contribution in [0.15, 0.2) is 0 Å². The summed E-state index contributed by atoms with van der Waals surface area (Å²) in [5, 5.41) is 0. The Bertz CT molecular complexity index is 247. The summed E-state index contributed by atoms with van der Waals surface area (Å²) in [7, 11) is 4.07. The number of alkyl halides is 3. The molecular formula is C12H23F3N+. The van der Waals surface area contributed by atoms with Crippen LogP contribution >= 0.6 is 0 Å². The minimum absolute atomic E-state index is 0.184. The molecule has 4 heteroatoms. The summed E-state index contributed by atoms with van der Waals surface area (Å²) in [4.78, 5) is 0. The van der Waals surface area contributed by atoms with Gasteiger partial charge in [0.2, 0.25) is 0 Å². The van der Waals surface area contributed by atoms with Gasteiger partial charge in [-0.25, -0.2) is 0 Å². The molecule has 0 N–H and O–H groups in total. The number of halogens is 3. The highest BCUT2D eigenvalue weighted by Crippen LogP contribution is 2.48. The Morgan fingerprint density at radius 2 is 1.88 bits per heavy atom. The third kappa shape index (κ3) is 2.90. The van der Waals surface area contributed by atoms with E-state index in [4.69, 9.17) is 0 Å². The van der Waals surface area contributed by atoms with Gasteiger partial charge in [-0.15, -0.1) is 0 Å². The van der Waals surface area contributed by atoms with Crippen molar-refractivity contribution >= 4 is 0 Å². The summed E-state index contributed by atoms with van der Waals surface area (Å²) >= 11 is 0. The molecule has 0 aromatic rings. The van der Waals surface area contributed by atoms with Crippen LogP contribution in [0.5, 0.6) is 0 Å². The Balaban J connectivity index is 2.91. The maximum Gasteiger partial charge on any atom is 0.394 e. The molecule has 1 aliphatic heterocycles. The lowest BCUT2D eigenvalue weighted by molar-refractivity contribution is -0.892. The summed E-state index contributed by atoms with van der Waals surface area (Å²) in [5.74, 6) is 0.184. The third-order valence-corrected chi connectivity index (χ3v) is 4.02. The van der Waals surface area contributed by atoms with E-state index in [0.717, 1.165) is 13.0 Å². The Kier molecular flexibility index (Phi) is 3.63. The number of hydrogen-bond acceptors (Lipinski definition) is 0. The van der Waals surface area contributed by atoms with E-state index < -0.39 is 11.6 Å². The molecule has 96 valence electrons. The van der Waals surface area contributed by atoms with Gasteiger partial charge in [-0.3, -0.25) is 0 Å². The van der Waals surface area contributed by atoms with E-state index in [9.17, 15) is 13.2 Å². The molecule has 1 rings (SSSR count). The van der Waals surface area contributed by atoms with E-state index in [0.29, 0.717) is 11.0 Å². The SMILES string of the molecule is CCC1CC(C)(C(F)(F)F)CC[N+](C)(C)C1. The Morgan fingerprint density at radius 3 is 2.31 bits per heavy atom. The van der Waals surface area contributed by atoms with Gasteiger partial charge in [0, 0.05) is 12.3 Å². The van der Waals surface area contributed by atoms with Gasteiger partial charge in [0.05, 0.1) is 32.6 Å². The average Bonchev–Trinajstić information content (AvgIpc) is 2.23. The van der Waals surface area contributed by atoms with Crippen molar-refractivity contribution in [3.8, 4) is 0 Å². The van der Waals surface area contributed by atoms with Crippen molar-refractivity contribution in [2.45, 2.75) is 39.3 Å². The Hall–Kier alpha value is -0.250. The van der Waals surface area contributed by atoms with Crippen molar-refractivity contribution in [3.63, 3.8) is 0 Å². The highest BCUT2D eigenvalue weighted by atomic mass is 19.4. The van der Waals surface area contributed by atoms with E-state index in [2.05, 4.69) is 0 Å². The molecule has 2 atom stereocenters. The Labute approximate surface area is 96.2 Å². The first-order chi connectivity index (χ1) is 7.10. The summed E-state index contributed by atoms with van der Waals surface area (Å²) in [6.45, 7) is 4.86. The van der Waals surface area contributed by atoms with E-state index in [1.165, 1.54) is 6.92 Å². The van der Waals surface area contributed by atoms with Gasteiger partial charge in [0.25, 0.3) is 0 Å². The van der Waals surface area contributed by atoms with Crippen LogP contribution < -0.4 is 0 Å². The second kappa shape index (κ2) is 4.21. The number of rotatable bonds is 1. The normalized spacial score (nSPS) is 35.8. The van der Waals surface area contributed by atoms with Crippen molar-refractivity contribution < 1.29 is 17.7 Å². The van der Waals surface area contributed by atoms with Crippen molar-refractivity contribution in [1.82, 2.24) is 0 Å². The summed E-state index contributed by atoms with van der Waals surface area (Å²) < 4.78 is 39.9. The van der Waals surface area contributed by atoms with Crippen LogP contribution in [0.1, 0.15) is 33.1 Å². The van der Waals surface area contributed by atoms with Gasteiger partial charge in [-0.2, -0.15) is 13.2 Å². The zero-order valence-corrected chi connectivity index (χ0v) is 10.7. The van der Waals surface area contributed by atoms with Gasteiger partial charge in [0.1, 0.15) is 0 Å². The molecule has 0 bridgehead atoms. The van der Waals surface area contributed by atoms with Crippen LogP contribution in [0, 0.1) is 11.3 Å². The lowest BCUT2D eigenvalue weighted by Gasteiger charge is -2.31. The molecule has 0 aromatic carbocycles. The molecule has 1 aliphatic rings. The first kappa shape index (κ1) is 13.8. The first-order valence-electron chi connectivity index (χ1n) is 5.98. The lowest BCUT2D eigenvalue weighted by atomic mass is 9.78. The highest BCUT2D eigenvalue weighted by Gasteiger charge is 2.53. The van der Waals surface area contributed by atoms with Crippen LogP contribution in [-0.2, 0) is 0 Å². The largest absolute Gasteiger partial charge is 0.394 e. The number of quaternary nitrogens is 1. The van der Waals surface area contributed by atoms with E-state index in [1.807, 2.05) is 21.0 Å². The summed E-state index contributed by atoms with van der Waals surface area (Å²) in [5.41, 5.74) is -1.49. The second-order valence-electron chi connectivity index (χ2n) is 6.13. The maximum absolute atomic E-state index is 13.1. The molecular weight excluding hydrogens is 215 g/mol. The number of nitrogens with zero attached hydrogens (tertiary/aromatic N) is 1. The van der Waals surface area contributed by atoms with Crippen molar-refractivity contribution in [1.29, 1.82) is 0 Å². The van der Waals surface area contributed by atoms with E-state index in [-0.39, 0.29) is 18.8 Å². The molecule has 0 aromatic heterocycles. The molecule has 1 nitrogen and oxygen atoms in total. The summed E-state index contributed by atoms with van der Waals surface area (Å²) in [6, 6.07) is 0. The zero-order chi connectivity index (χ0) is 12.6. The maximum atomic E-state index is 13.1. The number of hydrogen-bond donors (Lipinski definition) is 0. The fourth-order valence-electron chi connectivity index (χ4n) is 2.67. The van der Waals surface area contributed by atoms with Crippen LogP contribution in [-0.4, -0.2) is 37.8 Å². The van der Waals surface area contributed by atoms with Gasteiger partial charge < -0.3 is 4.48 Å². The minimum Gasteiger partial charge on any atom is -0.328 e. The van der Waals surface area contributed by atoms with Crippen LogP contribution in [0.2, 0.25) is 0 Å². The third-order valence-electron chi connectivity index (χ3n) is 4.02. The first-order valence-corrected chi connectivity index (χ1v) is 5.98. The topological polar surface area (TPSA) is 0 Å². The molecule has 0 radical (unpaired) electrons. The predicted octanol–water partition coefficient (Wildman–Crippen LogP) is 3.45. The molecule has 1 saturated heterocycles. The second-order valence-corrected chi connectivity index (χ2v) is 6.13. The molecule has 16 heavy (non-hydrogen) atoms. The molecule has 0 saturated carbocycles.